The van der Waals surface area contributed by atoms with Crippen LogP contribution >= 0.6 is 11.8 Å². The second-order valence-electron chi connectivity index (χ2n) is 4.53. The first-order valence-corrected chi connectivity index (χ1v) is 7.32. The largest absolute Gasteiger partial charge is 0.302 e. The van der Waals surface area contributed by atoms with Crippen LogP contribution < -0.4 is 10.9 Å². The maximum Gasteiger partial charge on any atom is 0.248 e. The van der Waals surface area contributed by atoms with Gasteiger partial charge in [-0.15, -0.1) is 16.8 Å². The van der Waals surface area contributed by atoms with Gasteiger partial charge in [0.05, 0.1) is 5.75 Å². The van der Waals surface area contributed by atoms with Crippen molar-refractivity contribution in [2.24, 2.45) is 0 Å². The lowest BCUT2D eigenvalue weighted by atomic mass is 10.4. The Labute approximate surface area is 121 Å². The maximum absolute atomic E-state index is 11.5. The SMILES string of the molecule is C=CCn1c(SCC(=O)NNC(C)=O)nnc1C1CC1. The van der Waals surface area contributed by atoms with E-state index in [1.54, 1.807) is 6.08 Å². The number of nitrogens with zero attached hydrogens (tertiary/aromatic N) is 3. The van der Waals surface area contributed by atoms with E-state index in [0.717, 1.165) is 18.7 Å². The Morgan fingerprint density at radius 1 is 1.45 bits per heavy atom. The molecule has 0 spiro atoms. The van der Waals surface area contributed by atoms with Crippen LogP contribution in [0.25, 0.3) is 0 Å². The van der Waals surface area contributed by atoms with Crippen LogP contribution in [0.2, 0.25) is 0 Å². The van der Waals surface area contributed by atoms with E-state index in [4.69, 9.17) is 0 Å². The van der Waals surface area contributed by atoms with Gasteiger partial charge in [0.2, 0.25) is 11.8 Å². The van der Waals surface area contributed by atoms with E-state index in [1.165, 1.54) is 18.7 Å². The van der Waals surface area contributed by atoms with Gasteiger partial charge < -0.3 is 4.57 Å². The van der Waals surface area contributed by atoms with E-state index in [2.05, 4.69) is 27.6 Å². The van der Waals surface area contributed by atoms with Crippen molar-refractivity contribution < 1.29 is 9.59 Å². The fourth-order valence-corrected chi connectivity index (χ4v) is 2.43. The average molecular weight is 295 g/mol. The summed E-state index contributed by atoms with van der Waals surface area (Å²) in [7, 11) is 0. The molecule has 0 aliphatic heterocycles. The van der Waals surface area contributed by atoms with Gasteiger partial charge in [0.25, 0.3) is 0 Å². The Kier molecular flexibility index (Phi) is 4.78. The molecule has 8 heteroatoms. The number of rotatable bonds is 6. The van der Waals surface area contributed by atoms with E-state index in [1.807, 2.05) is 4.57 Å². The average Bonchev–Trinajstić information content (AvgIpc) is 3.18. The summed E-state index contributed by atoms with van der Waals surface area (Å²) in [5.41, 5.74) is 4.55. The fraction of sp³-hybridized carbons (Fsp3) is 0.500. The van der Waals surface area contributed by atoms with Crippen LogP contribution in [0, 0.1) is 0 Å². The Morgan fingerprint density at radius 3 is 2.80 bits per heavy atom. The topological polar surface area (TPSA) is 88.9 Å². The molecule has 108 valence electrons. The van der Waals surface area contributed by atoms with Gasteiger partial charge in [0.15, 0.2) is 5.16 Å². The van der Waals surface area contributed by atoms with Crippen molar-refractivity contribution in [2.45, 2.75) is 37.4 Å². The number of hydrogen-bond acceptors (Lipinski definition) is 5. The van der Waals surface area contributed by atoms with E-state index in [-0.39, 0.29) is 17.6 Å². The van der Waals surface area contributed by atoms with E-state index in [9.17, 15) is 9.59 Å². The quantitative estimate of drug-likeness (QED) is 0.456. The molecule has 1 aliphatic carbocycles. The van der Waals surface area contributed by atoms with Gasteiger partial charge in [-0.1, -0.05) is 17.8 Å². The molecule has 1 aliphatic rings. The highest BCUT2D eigenvalue weighted by Crippen LogP contribution is 2.39. The maximum atomic E-state index is 11.5. The van der Waals surface area contributed by atoms with Gasteiger partial charge >= 0.3 is 0 Å². The highest BCUT2D eigenvalue weighted by Gasteiger charge is 2.30. The van der Waals surface area contributed by atoms with Gasteiger partial charge in [-0.05, 0) is 12.8 Å². The molecule has 0 atom stereocenters. The number of hydrogen-bond donors (Lipinski definition) is 2. The summed E-state index contributed by atoms with van der Waals surface area (Å²) in [5, 5.41) is 9.01. The van der Waals surface area contributed by atoms with Crippen molar-refractivity contribution in [2.75, 3.05) is 5.75 Å². The van der Waals surface area contributed by atoms with Gasteiger partial charge in [0, 0.05) is 19.4 Å². The molecule has 1 aromatic heterocycles. The molecule has 2 amide bonds. The third-order valence-electron chi connectivity index (χ3n) is 2.71. The predicted molar refractivity (Wildman–Crippen MR) is 74.9 cm³/mol. The Bertz CT molecular complexity index is 524. The number of hydrazine groups is 1. The normalized spacial score (nSPS) is 13.8. The Balaban J connectivity index is 1.93. The van der Waals surface area contributed by atoms with Crippen molar-refractivity contribution in [3.63, 3.8) is 0 Å². The summed E-state index contributed by atoms with van der Waals surface area (Å²) in [6, 6.07) is 0. The fourth-order valence-electron chi connectivity index (χ4n) is 1.67. The molecule has 1 fully saturated rings. The zero-order valence-electron chi connectivity index (χ0n) is 11.3. The standard InChI is InChI=1S/C12H17N5O2S/c1-3-6-17-11(9-4-5-9)15-16-12(17)20-7-10(19)14-13-8(2)18/h3,9H,1,4-7H2,2H3,(H,13,18)(H,14,19). The summed E-state index contributed by atoms with van der Waals surface area (Å²) < 4.78 is 1.99. The predicted octanol–water partition coefficient (Wildman–Crippen LogP) is 0.601. The van der Waals surface area contributed by atoms with Gasteiger partial charge in [-0.25, -0.2) is 0 Å². The molecule has 0 saturated heterocycles. The second-order valence-corrected chi connectivity index (χ2v) is 5.47. The second kappa shape index (κ2) is 6.56. The van der Waals surface area contributed by atoms with Gasteiger partial charge in [0.1, 0.15) is 5.82 Å². The molecular formula is C12H17N5O2S. The minimum atomic E-state index is -0.311. The highest BCUT2D eigenvalue weighted by molar-refractivity contribution is 7.99. The molecule has 2 N–H and O–H groups in total. The Morgan fingerprint density at radius 2 is 2.20 bits per heavy atom. The van der Waals surface area contributed by atoms with Crippen LogP contribution in [0.1, 0.15) is 31.5 Å². The lowest BCUT2D eigenvalue weighted by molar-refractivity contribution is -0.126. The van der Waals surface area contributed by atoms with E-state index >= 15 is 0 Å². The summed E-state index contributed by atoms with van der Waals surface area (Å²) >= 11 is 1.29. The van der Waals surface area contributed by atoms with Crippen molar-refractivity contribution >= 4 is 23.6 Å². The van der Waals surface area contributed by atoms with Crippen molar-refractivity contribution in [1.82, 2.24) is 25.6 Å². The zero-order valence-corrected chi connectivity index (χ0v) is 12.1. The molecule has 1 aromatic rings. The number of amides is 2. The van der Waals surface area contributed by atoms with Crippen LogP contribution in [0.5, 0.6) is 0 Å². The van der Waals surface area contributed by atoms with Crippen LogP contribution in [-0.2, 0) is 16.1 Å². The molecule has 1 heterocycles. The first kappa shape index (κ1) is 14.6. The molecule has 0 bridgehead atoms. The minimum Gasteiger partial charge on any atom is -0.302 e. The summed E-state index contributed by atoms with van der Waals surface area (Å²) in [4.78, 5) is 22.2. The molecule has 20 heavy (non-hydrogen) atoms. The smallest absolute Gasteiger partial charge is 0.248 e. The highest BCUT2D eigenvalue weighted by atomic mass is 32.2. The lowest BCUT2D eigenvalue weighted by Gasteiger charge is -2.07. The number of carbonyl (C=O) groups is 2. The molecule has 0 unspecified atom stereocenters. The summed E-state index contributed by atoms with van der Waals surface area (Å²) in [5.74, 6) is 1.03. The van der Waals surface area contributed by atoms with Gasteiger partial charge in [-0.3, -0.25) is 20.4 Å². The first-order chi connectivity index (χ1) is 9.61. The third-order valence-corrected chi connectivity index (χ3v) is 3.68. The molecular weight excluding hydrogens is 278 g/mol. The number of allylic oxidation sites excluding steroid dienone is 1. The number of aromatic nitrogens is 3. The molecule has 7 nitrogen and oxygen atoms in total. The van der Waals surface area contributed by atoms with Crippen LogP contribution in [0.4, 0.5) is 0 Å². The van der Waals surface area contributed by atoms with Crippen LogP contribution in [-0.4, -0.2) is 32.3 Å². The molecule has 0 aromatic carbocycles. The van der Waals surface area contributed by atoms with Crippen molar-refractivity contribution in [3.8, 4) is 0 Å². The van der Waals surface area contributed by atoms with Crippen molar-refractivity contribution in [1.29, 1.82) is 0 Å². The van der Waals surface area contributed by atoms with E-state index < -0.39 is 0 Å². The van der Waals surface area contributed by atoms with Crippen LogP contribution in [0.15, 0.2) is 17.8 Å². The number of nitrogens with one attached hydrogen (secondary N) is 2. The minimum absolute atomic E-state index is 0.167. The third kappa shape index (κ3) is 3.83. The lowest BCUT2D eigenvalue weighted by Crippen LogP contribution is -2.41. The Hall–Kier alpha value is -1.83. The number of thioether (sulfide) groups is 1. The molecule has 2 rings (SSSR count). The zero-order chi connectivity index (χ0) is 14.5. The van der Waals surface area contributed by atoms with Crippen LogP contribution in [0.3, 0.4) is 0 Å². The van der Waals surface area contributed by atoms with E-state index in [0.29, 0.717) is 17.6 Å². The summed E-state index contributed by atoms with van der Waals surface area (Å²) in [6.45, 7) is 5.69. The molecule has 1 saturated carbocycles. The monoisotopic (exact) mass is 295 g/mol. The molecule has 0 radical (unpaired) electrons. The van der Waals surface area contributed by atoms with Crippen molar-refractivity contribution in [3.05, 3.63) is 18.5 Å². The number of carbonyl (C=O) groups excluding carboxylic acids is 2. The summed E-state index contributed by atoms with van der Waals surface area (Å²) in [6.07, 6.45) is 4.07. The first-order valence-electron chi connectivity index (χ1n) is 6.34. The van der Waals surface area contributed by atoms with Gasteiger partial charge in [-0.2, -0.15) is 0 Å².